The summed E-state index contributed by atoms with van der Waals surface area (Å²) in [6.45, 7) is 0.159. The van der Waals surface area contributed by atoms with Crippen LogP contribution in [0.15, 0.2) is 53.7 Å². The van der Waals surface area contributed by atoms with Crippen LogP contribution in [0.5, 0.6) is 5.75 Å². The van der Waals surface area contributed by atoms with Crippen LogP contribution in [-0.4, -0.2) is 30.4 Å². The number of nitrogens with two attached hydrogens (primary N) is 1. The van der Waals surface area contributed by atoms with Crippen molar-refractivity contribution in [2.24, 2.45) is 11.7 Å². The van der Waals surface area contributed by atoms with E-state index in [2.05, 4.69) is 26.2 Å². The van der Waals surface area contributed by atoms with Gasteiger partial charge in [-0.05, 0) is 43.1 Å². The minimum absolute atomic E-state index is 0.0474. The number of nitrogens with one attached hydrogen (secondary N) is 1. The van der Waals surface area contributed by atoms with Crippen molar-refractivity contribution in [3.05, 3.63) is 66.0 Å². The van der Waals surface area contributed by atoms with E-state index in [-0.39, 0.29) is 29.4 Å². The molecule has 176 valence electrons. The Balaban J connectivity index is 1.43. The molecule has 3 N–H and O–H groups in total. The van der Waals surface area contributed by atoms with Gasteiger partial charge in [0.15, 0.2) is 11.6 Å². The molecular weight excluding hydrogens is 470 g/mol. The van der Waals surface area contributed by atoms with Crippen molar-refractivity contribution in [1.82, 2.24) is 9.36 Å². The first-order valence-electron chi connectivity index (χ1n) is 10.6. The Morgan fingerprint density at radius 3 is 2.67 bits per heavy atom. The molecule has 3 atom stereocenters. The number of nitrogens with zero attached hydrogens (tertiary/aromatic N) is 2. The zero-order valence-electron chi connectivity index (χ0n) is 17.7. The van der Waals surface area contributed by atoms with E-state index >= 15 is 0 Å². The molecule has 0 saturated heterocycles. The first kappa shape index (κ1) is 23.5. The number of sulfonamides is 1. The van der Waals surface area contributed by atoms with Gasteiger partial charge in [0.1, 0.15) is 17.0 Å². The SMILES string of the molecule is NC1CCC(c2ccccc2)C(CCOc2cc(F)c(S(=O)(=O)Nc3ncns3)cc2F)C1. The van der Waals surface area contributed by atoms with Crippen molar-refractivity contribution in [2.75, 3.05) is 11.3 Å². The lowest BCUT2D eigenvalue weighted by molar-refractivity contribution is 0.207. The Labute approximate surface area is 195 Å². The quantitative estimate of drug-likeness (QED) is 0.484. The van der Waals surface area contributed by atoms with Gasteiger partial charge in [0.2, 0.25) is 5.13 Å². The zero-order chi connectivity index (χ0) is 23.4. The molecule has 4 rings (SSSR count). The normalized spacial score (nSPS) is 21.0. The van der Waals surface area contributed by atoms with E-state index in [1.807, 2.05) is 18.2 Å². The van der Waals surface area contributed by atoms with Crippen molar-refractivity contribution < 1.29 is 21.9 Å². The molecule has 0 radical (unpaired) electrons. The van der Waals surface area contributed by atoms with Crippen LogP contribution in [0.2, 0.25) is 0 Å². The summed E-state index contributed by atoms with van der Waals surface area (Å²) >= 11 is 0.780. The van der Waals surface area contributed by atoms with Crippen LogP contribution >= 0.6 is 11.5 Å². The van der Waals surface area contributed by atoms with E-state index in [1.54, 1.807) is 0 Å². The zero-order valence-corrected chi connectivity index (χ0v) is 19.3. The molecule has 0 spiro atoms. The van der Waals surface area contributed by atoms with E-state index in [4.69, 9.17) is 10.5 Å². The number of hydrogen-bond acceptors (Lipinski definition) is 7. The van der Waals surface area contributed by atoms with E-state index < -0.39 is 26.6 Å². The predicted molar refractivity (Wildman–Crippen MR) is 122 cm³/mol. The van der Waals surface area contributed by atoms with Gasteiger partial charge in [0.25, 0.3) is 10.0 Å². The van der Waals surface area contributed by atoms with Gasteiger partial charge >= 0.3 is 0 Å². The van der Waals surface area contributed by atoms with Gasteiger partial charge in [0.05, 0.1) is 6.61 Å². The second kappa shape index (κ2) is 10.1. The molecule has 0 amide bonds. The largest absolute Gasteiger partial charge is 0.490 e. The number of rotatable bonds is 8. The first-order chi connectivity index (χ1) is 15.8. The average Bonchev–Trinajstić information content (AvgIpc) is 3.29. The maximum absolute atomic E-state index is 14.6. The fourth-order valence-electron chi connectivity index (χ4n) is 4.29. The van der Waals surface area contributed by atoms with Gasteiger partial charge in [-0.25, -0.2) is 22.2 Å². The number of benzene rings is 2. The van der Waals surface area contributed by atoms with Gasteiger partial charge in [-0.15, -0.1) is 0 Å². The molecule has 0 bridgehead atoms. The van der Waals surface area contributed by atoms with Gasteiger partial charge in [-0.3, -0.25) is 4.72 Å². The lowest BCUT2D eigenvalue weighted by Crippen LogP contribution is -2.33. The summed E-state index contributed by atoms with van der Waals surface area (Å²) in [4.78, 5) is 2.85. The summed E-state index contributed by atoms with van der Waals surface area (Å²) in [5.74, 6) is -1.84. The lowest BCUT2D eigenvalue weighted by atomic mass is 9.72. The van der Waals surface area contributed by atoms with Gasteiger partial charge < -0.3 is 10.5 Å². The van der Waals surface area contributed by atoms with Crippen molar-refractivity contribution >= 4 is 26.7 Å². The summed E-state index contributed by atoms with van der Waals surface area (Å²) < 4.78 is 65.1. The number of ether oxygens (including phenoxy) is 1. The Hall–Kier alpha value is -2.63. The Morgan fingerprint density at radius 1 is 1.15 bits per heavy atom. The molecule has 2 aromatic carbocycles. The van der Waals surface area contributed by atoms with E-state index in [9.17, 15) is 17.2 Å². The van der Waals surface area contributed by atoms with E-state index in [0.717, 1.165) is 43.2 Å². The Bertz CT molecular complexity index is 1180. The molecule has 1 heterocycles. The second-order valence-corrected chi connectivity index (χ2v) is 10.5. The Kier molecular flexibility index (Phi) is 7.20. The molecule has 1 aliphatic rings. The van der Waals surface area contributed by atoms with Crippen LogP contribution in [-0.2, 0) is 10.0 Å². The molecule has 3 aromatic rings. The molecule has 7 nitrogen and oxygen atoms in total. The third-order valence-electron chi connectivity index (χ3n) is 5.86. The molecule has 1 aromatic heterocycles. The highest BCUT2D eigenvalue weighted by Gasteiger charge is 2.30. The summed E-state index contributed by atoms with van der Waals surface area (Å²) in [5, 5.41) is -0.0474. The summed E-state index contributed by atoms with van der Waals surface area (Å²) in [6.07, 6.45) is 4.50. The average molecular weight is 495 g/mol. The van der Waals surface area contributed by atoms with Crippen LogP contribution in [0.25, 0.3) is 0 Å². The highest BCUT2D eigenvalue weighted by atomic mass is 32.2. The number of aromatic nitrogens is 2. The van der Waals surface area contributed by atoms with Crippen LogP contribution in [0, 0.1) is 17.6 Å². The number of anilines is 1. The first-order valence-corrected chi connectivity index (χ1v) is 12.8. The topological polar surface area (TPSA) is 107 Å². The summed E-state index contributed by atoms with van der Waals surface area (Å²) in [6, 6.07) is 11.6. The van der Waals surface area contributed by atoms with Gasteiger partial charge in [-0.2, -0.15) is 4.37 Å². The molecule has 1 fully saturated rings. The highest BCUT2D eigenvalue weighted by molar-refractivity contribution is 7.93. The van der Waals surface area contributed by atoms with Crippen molar-refractivity contribution in [3.63, 3.8) is 0 Å². The predicted octanol–water partition coefficient (Wildman–Crippen LogP) is 4.30. The molecular formula is C22H24F2N4O3S2. The molecule has 1 aliphatic carbocycles. The second-order valence-electron chi connectivity index (χ2n) is 8.05. The molecule has 1 saturated carbocycles. The Morgan fingerprint density at radius 2 is 1.94 bits per heavy atom. The third kappa shape index (κ3) is 5.66. The highest BCUT2D eigenvalue weighted by Crippen LogP contribution is 2.39. The lowest BCUT2D eigenvalue weighted by Gasteiger charge is -2.35. The molecule has 3 unspecified atom stereocenters. The van der Waals surface area contributed by atoms with E-state index in [1.165, 1.54) is 5.56 Å². The number of halogens is 2. The third-order valence-corrected chi connectivity index (χ3v) is 7.92. The summed E-state index contributed by atoms with van der Waals surface area (Å²) in [5.41, 5.74) is 7.42. The van der Waals surface area contributed by atoms with Crippen molar-refractivity contribution in [2.45, 2.75) is 42.5 Å². The fourth-order valence-corrected chi connectivity index (χ4v) is 6.03. The summed E-state index contributed by atoms with van der Waals surface area (Å²) in [7, 11) is -4.36. The molecule has 33 heavy (non-hydrogen) atoms. The maximum Gasteiger partial charge on any atom is 0.266 e. The van der Waals surface area contributed by atoms with Gasteiger partial charge in [-0.1, -0.05) is 30.3 Å². The monoisotopic (exact) mass is 494 g/mol. The van der Waals surface area contributed by atoms with E-state index in [0.29, 0.717) is 18.4 Å². The van der Waals surface area contributed by atoms with Gasteiger partial charge in [0, 0.05) is 29.7 Å². The van der Waals surface area contributed by atoms with Crippen molar-refractivity contribution in [1.29, 1.82) is 0 Å². The minimum Gasteiger partial charge on any atom is -0.490 e. The van der Waals surface area contributed by atoms with Crippen LogP contribution < -0.4 is 15.2 Å². The van der Waals surface area contributed by atoms with Crippen LogP contribution in [0.1, 0.15) is 37.2 Å². The smallest absolute Gasteiger partial charge is 0.266 e. The van der Waals surface area contributed by atoms with Crippen LogP contribution in [0.4, 0.5) is 13.9 Å². The maximum atomic E-state index is 14.6. The van der Waals surface area contributed by atoms with Crippen molar-refractivity contribution in [3.8, 4) is 5.75 Å². The van der Waals surface area contributed by atoms with Crippen LogP contribution in [0.3, 0.4) is 0 Å². The molecule has 0 aliphatic heterocycles. The minimum atomic E-state index is -4.36. The fraction of sp³-hybridized carbons (Fsp3) is 0.364. The molecule has 11 heteroatoms. The standard InChI is InChI=1S/C22H24F2N4O3S2/c23-18-12-21(33(29,30)28-22-26-13-27-32-22)19(24)11-20(18)31-9-8-15-10-16(25)6-7-17(15)14-4-2-1-3-5-14/h1-5,11-13,15-17H,6-10,25H2,(H,26,27,28). The number of hydrogen-bond donors (Lipinski definition) is 2.